The molecule has 0 aromatic heterocycles. The quantitative estimate of drug-likeness (QED) is 0.572. The predicted molar refractivity (Wildman–Crippen MR) is 89.4 cm³/mol. The standard InChI is InChI=1S/C17H15NO3S.Na.H/c1-18(15-5-3-2-4-6-15)16-9-7-14-12-17(22(19,20)21)10-8-13(14)11-16;;/h2-12H,1H3,(H,19,20,21);;/q;+1;-1. The Kier molecular flexibility index (Phi) is 5.49. The molecule has 114 valence electrons. The number of hydrogen-bond donors (Lipinski definition) is 1. The van der Waals surface area contributed by atoms with Crippen molar-refractivity contribution in [2.45, 2.75) is 4.90 Å². The molecule has 6 heteroatoms. The molecule has 0 saturated carbocycles. The van der Waals surface area contributed by atoms with Crippen LogP contribution in [0.5, 0.6) is 0 Å². The molecule has 0 unspecified atom stereocenters. The minimum absolute atomic E-state index is 0. The van der Waals surface area contributed by atoms with Crippen LogP contribution in [0.15, 0.2) is 71.6 Å². The van der Waals surface area contributed by atoms with Crippen LogP contribution in [0, 0.1) is 0 Å². The van der Waals surface area contributed by atoms with Crippen molar-refractivity contribution in [3.63, 3.8) is 0 Å². The molecule has 0 saturated heterocycles. The maximum absolute atomic E-state index is 11.2. The van der Waals surface area contributed by atoms with Gasteiger partial charge in [-0.3, -0.25) is 4.55 Å². The molecule has 0 aliphatic heterocycles. The van der Waals surface area contributed by atoms with E-state index in [2.05, 4.69) is 4.90 Å². The monoisotopic (exact) mass is 337 g/mol. The molecule has 3 aromatic rings. The number of hydrogen-bond acceptors (Lipinski definition) is 3. The van der Waals surface area contributed by atoms with E-state index in [0.29, 0.717) is 0 Å². The summed E-state index contributed by atoms with van der Waals surface area (Å²) in [6.07, 6.45) is 0. The second-order valence-corrected chi connectivity index (χ2v) is 6.48. The third kappa shape index (κ3) is 3.94. The number of rotatable bonds is 3. The second-order valence-electron chi connectivity index (χ2n) is 5.06. The van der Waals surface area contributed by atoms with Gasteiger partial charge in [-0.1, -0.05) is 30.3 Å². The summed E-state index contributed by atoms with van der Waals surface area (Å²) in [5.74, 6) is 0. The molecule has 0 atom stereocenters. The summed E-state index contributed by atoms with van der Waals surface area (Å²) in [6, 6.07) is 20.3. The van der Waals surface area contributed by atoms with E-state index in [-0.39, 0.29) is 35.9 Å². The van der Waals surface area contributed by atoms with Crippen molar-refractivity contribution in [2.75, 3.05) is 11.9 Å². The molecule has 0 amide bonds. The van der Waals surface area contributed by atoms with E-state index < -0.39 is 10.1 Å². The van der Waals surface area contributed by atoms with Crippen molar-refractivity contribution in [3.05, 3.63) is 66.7 Å². The fourth-order valence-electron chi connectivity index (χ4n) is 2.38. The second kappa shape index (κ2) is 7.03. The van der Waals surface area contributed by atoms with Crippen LogP contribution in [-0.4, -0.2) is 20.0 Å². The van der Waals surface area contributed by atoms with E-state index in [9.17, 15) is 8.42 Å². The van der Waals surface area contributed by atoms with Crippen molar-refractivity contribution in [3.8, 4) is 0 Å². The van der Waals surface area contributed by atoms with Gasteiger partial charge in [0, 0.05) is 18.4 Å². The third-order valence-corrected chi connectivity index (χ3v) is 4.47. The van der Waals surface area contributed by atoms with E-state index in [4.69, 9.17) is 4.55 Å². The fraction of sp³-hybridized carbons (Fsp3) is 0.0588. The van der Waals surface area contributed by atoms with Gasteiger partial charge in [-0.05, 0) is 47.2 Å². The Labute approximate surface area is 159 Å². The molecule has 23 heavy (non-hydrogen) atoms. The van der Waals surface area contributed by atoms with Crippen LogP contribution >= 0.6 is 0 Å². The van der Waals surface area contributed by atoms with Crippen molar-refractivity contribution in [1.82, 2.24) is 0 Å². The minimum Gasteiger partial charge on any atom is -1.00 e. The summed E-state index contributed by atoms with van der Waals surface area (Å²) >= 11 is 0. The Hall–Kier alpha value is -1.37. The summed E-state index contributed by atoms with van der Waals surface area (Å²) in [6.45, 7) is 0. The van der Waals surface area contributed by atoms with E-state index in [1.54, 1.807) is 6.07 Å². The first-order chi connectivity index (χ1) is 10.4. The molecule has 1 N–H and O–H groups in total. The van der Waals surface area contributed by atoms with E-state index in [1.807, 2.05) is 55.6 Å². The Bertz CT molecular complexity index is 933. The number of para-hydroxylation sites is 1. The molecule has 0 heterocycles. The Morgan fingerprint density at radius 2 is 1.48 bits per heavy atom. The van der Waals surface area contributed by atoms with Crippen molar-refractivity contribution < 1.29 is 44.0 Å². The van der Waals surface area contributed by atoms with Gasteiger partial charge in [0.1, 0.15) is 0 Å². The Balaban J connectivity index is 0.00000144. The smallest absolute Gasteiger partial charge is 1.00 e. The van der Waals surface area contributed by atoms with Gasteiger partial charge in [-0.2, -0.15) is 8.42 Å². The number of benzene rings is 3. The molecule has 0 aliphatic carbocycles. The Morgan fingerprint density at radius 1 is 0.870 bits per heavy atom. The minimum atomic E-state index is -4.17. The zero-order valence-electron chi connectivity index (χ0n) is 14.0. The molecule has 4 nitrogen and oxygen atoms in total. The first-order valence-corrected chi connectivity index (χ1v) is 8.19. The van der Waals surface area contributed by atoms with Crippen LogP contribution in [-0.2, 0) is 10.1 Å². The van der Waals surface area contributed by atoms with Gasteiger partial charge in [-0.15, -0.1) is 0 Å². The molecule has 0 spiro atoms. The van der Waals surface area contributed by atoms with Crippen molar-refractivity contribution in [2.24, 2.45) is 0 Å². The van der Waals surface area contributed by atoms with Gasteiger partial charge < -0.3 is 6.33 Å². The molecule has 3 rings (SSSR count). The summed E-state index contributed by atoms with van der Waals surface area (Å²) in [7, 11) is -2.20. The first-order valence-electron chi connectivity index (χ1n) is 6.75. The first kappa shape index (κ1) is 18.0. The maximum atomic E-state index is 11.2. The van der Waals surface area contributed by atoms with E-state index in [1.165, 1.54) is 12.1 Å². The molecular weight excluding hydrogens is 321 g/mol. The average Bonchev–Trinajstić information content (AvgIpc) is 2.53. The van der Waals surface area contributed by atoms with Crippen LogP contribution in [0.25, 0.3) is 10.8 Å². The summed E-state index contributed by atoms with van der Waals surface area (Å²) in [5, 5.41) is 1.67. The van der Waals surface area contributed by atoms with Crippen LogP contribution < -0.4 is 34.5 Å². The zero-order valence-corrected chi connectivity index (χ0v) is 15.8. The Morgan fingerprint density at radius 3 is 2.13 bits per heavy atom. The van der Waals surface area contributed by atoms with Crippen molar-refractivity contribution in [1.29, 1.82) is 0 Å². The zero-order chi connectivity index (χ0) is 15.7. The maximum Gasteiger partial charge on any atom is 1.00 e. The SMILES string of the molecule is CN(c1ccccc1)c1ccc2cc(S(=O)(=O)O)ccc2c1.[H-].[Na+]. The van der Waals surface area contributed by atoms with Crippen LogP contribution in [0.1, 0.15) is 1.43 Å². The topological polar surface area (TPSA) is 57.6 Å². The fourth-order valence-corrected chi connectivity index (χ4v) is 2.90. The summed E-state index contributed by atoms with van der Waals surface area (Å²) < 4.78 is 31.5. The van der Waals surface area contributed by atoms with E-state index >= 15 is 0 Å². The summed E-state index contributed by atoms with van der Waals surface area (Å²) in [5.41, 5.74) is 2.06. The van der Waals surface area contributed by atoms with Crippen LogP contribution in [0.4, 0.5) is 11.4 Å². The molecule has 3 aromatic carbocycles. The molecule has 0 bridgehead atoms. The van der Waals surface area contributed by atoms with Gasteiger partial charge in [0.15, 0.2) is 0 Å². The van der Waals surface area contributed by atoms with Gasteiger partial charge in [0.25, 0.3) is 10.1 Å². The summed E-state index contributed by atoms with van der Waals surface area (Å²) in [4.78, 5) is 1.96. The van der Waals surface area contributed by atoms with Gasteiger partial charge in [0.05, 0.1) is 4.90 Å². The molecule has 0 fully saturated rings. The number of fused-ring (bicyclic) bond motifs is 1. The third-order valence-electron chi connectivity index (χ3n) is 3.62. The number of anilines is 2. The van der Waals surface area contributed by atoms with Gasteiger partial charge >= 0.3 is 29.6 Å². The largest absolute Gasteiger partial charge is 1.00 e. The normalized spacial score (nSPS) is 11.0. The molecule has 0 aliphatic rings. The van der Waals surface area contributed by atoms with Crippen LogP contribution in [0.3, 0.4) is 0 Å². The number of nitrogens with zero attached hydrogens (tertiary/aromatic N) is 1. The van der Waals surface area contributed by atoms with Gasteiger partial charge in [0.2, 0.25) is 0 Å². The van der Waals surface area contributed by atoms with Crippen LogP contribution in [0.2, 0.25) is 0 Å². The van der Waals surface area contributed by atoms with E-state index in [0.717, 1.165) is 22.1 Å². The van der Waals surface area contributed by atoms with Gasteiger partial charge in [-0.25, -0.2) is 0 Å². The molecular formula is C17H16NNaO3S. The average molecular weight is 337 g/mol. The predicted octanol–water partition coefficient (Wildman–Crippen LogP) is 0.971. The van der Waals surface area contributed by atoms with Crippen molar-refractivity contribution >= 4 is 32.3 Å². The molecule has 0 radical (unpaired) electrons.